The Morgan fingerprint density at radius 2 is 1.78 bits per heavy atom. The fourth-order valence-corrected chi connectivity index (χ4v) is 3.14. The molecule has 1 aliphatic rings. The first-order chi connectivity index (χ1) is 13.1. The number of benzene rings is 2. The maximum Gasteiger partial charge on any atom is 0.254 e. The summed E-state index contributed by atoms with van der Waals surface area (Å²) in [5.41, 5.74) is 1.35. The third-order valence-corrected chi connectivity index (χ3v) is 4.67. The molecule has 0 unspecified atom stereocenters. The Kier molecular flexibility index (Phi) is 6.54. The molecular weight excluding hydrogens is 345 g/mol. The number of nitrogens with zero attached hydrogens (tertiary/aromatic N) is 2. The number of hydrogen-bond donors (Lipinski definition) is 1. The molecule has 1 N–H and O–H groups in total. The number of rotatable bonds is 6. The molecule has 0 radical (unpaired) electrons. The van der Waals surface area contributed by atoms with Crippen molar-refractivity contribution in [2.75, 3.05) is 39.3 Å². The minimum atomic E-state index is -0.461. The van der Waals surface area contributed by atoms with Crippen LogP contribution in [-0.2, 0) is 11.2 Å². The second-order valence-electron chi connectivity index (χ2n) is 6.60. The lowest BCUT2D eigenvalue weighted by molar-refractivity contribution is -0.132. The first-order valence-corrected chi connectivity index (χ1v) is 9.21. The zero-order valence-electron chi connectivity index (χ0n) is 15.2. The molecule has 2 aromatic carbocycles. The van der Waals surface area contributed by atoms with Crippen LogP contribution in [-0.4, -0.2) is 60.9 Å². The van der Waals surface area contributed by atoms with Crippen LogP contribution in [0.1, 0.15) is 15.9 Å². The molecule has 142 valence electrons. The molecule has 2 amide bonds. The molecular formula is C21H24FN3O2. The van der Waals surface area contributed by atoms with Crippen molar-refractivity contribution in [1.82, 2.24) is 15.1 Å². The van der Waals surface area contributed by atoms with Crippen LogP contribution in [0.2, 0.25) is 0 Å². The molecule has 1 aliphatic heterocycles. The van der Waals surface area contributed by atoms with Crippen LogP contribution in [0.4, 0.5) is 4.39 Å². The predicted octanol–water partition coefficient (Wildman–Crippen LogP) is 1.94. The molecule has 0 spiro atoms. The molecule has 0 aromatic heterocycles. The zero-order chi connectivity index (χ0) is 19.1. The molecule has 2 aromatic rings. The van der Waals surface area contributed by atoms with E-state index in [0.29, 0.717) is 26.1 Å². The van der Waals surface area contributed by atoms with E-state index >= 15 is 0 Å². The van der Waals surface area contributed by atoms with Gasteiger partial charge in [-0.3, -0.25) is 9.59 Å². The lowest BCUT2D eigenvalue weighted by Crippen LogP contribution is -2.50. The highest BCUT2D eigenvalue weighted by Gasteiger charge is 2.23. The van der Waals surface area contributed by atoms with Gasteiger partial charge in [-0.25, -0.2) is 4.39 Å². The van der Waals surface area contributed by atoms with Crippen LogP contribution in [0.5, 0.6) is 0 Å². The smallest absolute Gasteiger partial charge is 0.254 e. The van der Waals surface area contributed by atoms with Crippen LogP contribution >= 0.6 is 0 Å². The molecule has 6 heteroatoms. The van der Waals surface area contributed by atoms with E-state index in [1.807, 2.05) is 30.3 Å². The second kappa shape index (κ2) is 9.28. The van der Waals surface area contributed by atoms with Gasteiger partial charge in [0, 0.05) is 38.3 Å². The quantitative estimate of drug-likeness (QED) is 0.847. The number of halogens is 1. The number of carbonyl (C=O) groups is 2. The molecule has 3 rings (SSSR count). The molecule has 1 heterocycles. The second-order valence-corrected chi connectivity index (χ2v) is 6.60. The van der Waals surface area contributed by atoms with Crippen LogP contribution in [0.15, 0.2) is 54.6 Å². The van der Waals surface area contributed by atoms with Crippen molar-refractivity contribution < 1.29 is 14.0 Å². The summed E-state index contributed by atoms with van der Waals surface area (Å²) >= 11 is 0. The third-order valence-electron chi connectivity index (χ3n) is 4.67. The first-order valence-electron chi connectivity index (χ1n) is 9.21. The van der Waals surface area contributed by atoms with Gasteiger partial charge in [0.1, 0.15) is 12.4 Å². The van der Waals surface area contributed by atoms with E-state index in [1.54, 1.807) is 11.0 Å². The van der Waals surface area contributed by atoms with E-state index < -0.39 is 5.82 Å². The van der Waals surface area contributed by atoms with E-state index in [-0.39, 0.29) is 23.9 Å². The Morgan fingerprint density at radius 3 is 2.48 bits per heavy atom. The number of nitrogens with one attached hydrogen (secondary N) is 1. The van der Waals surface area contributed by atoms with Crippen LogP contribution < -0.4 is 5.32 Å². The Bertz CT molecular complexity index is 776. The highest BCUT2D eigenvalue weighted by atomic mass is 19.1. The van der Waals surface area contributed by atoms with Gasteiger partial charge in [-0.15, -0.1) is 0 Å². The van der Waals surface area contributed by atoms with Gasteiger partial charge in [0.05, 0.1) is 0 Å². The lowest BCUT2D eigenvalue weighted by atomic mass is 10.1. The van der Waals surface area contributed by atoms with Crippen molar-refractivity contribution >= 4 is 11.8 Å². The minimum absolute atomic E-state index is 0.00216. The molecule has 0 saturated carbocycles. The normalized spacial score (nSPS) is 14.0. The van der Waals surface area contributed by atoms with Gasteiger partial charge < -0.3 is 15.1 Å². The third kappa shape index (κ3) is 5.37. The predicted molar refractivity (Wildman–Crippen MR) is 102 cm³/mol. The monoisotopic (exact) mass is 369 g/mol. The van der Waals surface area contributed by atoms with E-state index in [9.17, 15) is 14.0 Å². The molecule has 0 aliphatic carbocycles. The summed E-state index contributed by atoms with van der Waals surface area (Å²) in [5.74, 6) is -0.861. The number of hydrogen-bond acceptors (Lipinski definition) is 3. The maximum atomic E-state index is 13.5. The SMILES string of the molecule is O=C(CN(CCc1ccccc1)C(=O)c1cccc(F)c1)N1CCNCC1. The van der Waals surface area contributed by atoms with Gasteiger partial charge >= 0.3 is 0 Å². The van der Waals surface area contributed by atoms with Crippen molar-refractivity contribution in [2.24, 2.45) is 0 Å². The fraction of sp³-hybridized carbons (Fsp3) is 0.333. The van der Waals surface area contributed by atoms with Crippen molar-refractivity contribution in [3.05, 3.63) is 71.5 Å². The highest BCUT2D eigenvalue weighted by Crippen LogP contribution is 2.10. The summed E-state index contributed by atoms with van der Waals surface area (Å²) in [7, 11) is 0. The van der Waals surface area contributed by atoms with Crippen molar-refractivity contribution in [3.63, 3.8) is 0 Å². The highest BCUT2D eigenvalue weighted by molar-refractivity contribution is 5.96. The van der Waals surface area contributed by atoms with Crippen molar-refractivity contribution in [2.45, 2.75) is 6.42 Å². The molecule has 27 heavy (non-hydrogen) atoms. The summed E-state index contributed by atoms with van der Waals surface area (Å²) in [6.07, 6.45) is 0.636. The number of amides is 2. The topological polar surface area (TPSA) is 52.7 Å². The molecule has 0 atom stereocenters. The molecule has 5 nitrogen and oxygen atoms in total. The van der Waals surface area contributed by atoms with Gasteiger partial charge in [0.15, 0.2) is 0 Å². The largest absolute Gasteiger partial charge is 0.339 e. The van der Waals surface area contributed by atoms with Gasteiger partial charge in [-0.1, -0.05) is 36.4 Å². The number of carbonyl (C=O) groups excluding carboxylic acids is 2. The summed E-state index contributed by atoms with van der Waals surface area (Å²) in [4.78, 5) is 28.9. The first kappa shape index (κ1) is 19.0. The van der Waals surface area contributed by atoms with Crippen LogP contribution in [0.3, 0.4) is 0 Å². The van der Waals surface area contributed by atoms with E-state index in [2.05, 4.69) is 5.32 Å². The van der Waals surface area contributed by atoms with E-state index in [0.717, 1.165) is 18.7 Å². The minimum Gasteiger partial charge on any atom is -0.339 e. The van der Waals surface area contributed by atoms with Crippen molar-refractivity contribution in [1.29, 1.82) is 0 Å². The van der Waals surface area contributed by atoms with Crippen molar-refractivity contribution in [3.8, 4) is 0 Å². The number of piperazine rings is 1. The Labute approximate surface area is 158 Å². The van der Waals surface area contributed by atoms with Gasteiger partial charge in [-0.05, 0) is 30.2 Å². The van der Waals surface area contributed by atoms with Crippen LogP contribution in [0.25, 0.3) is 0 Å². The summed E-state index contributed by atoms with van der Waals surface area (Å²) in [5, 5.41) is 3.21. The van der Waals surface area contributed by atoms with Gasteiger partial charge in [0.2, 0.25) is 5.91 Å². The Morgan fingerprint density at radius 1 is 1.04 bits per heavy atom. The molecule has 0 bridgehead atoms. The van der Waals surface area contributed by atoms with Gasteiger partial charge in [-0.2, -0.15) is 0 Å². The average molecular weight is 369 g/mol. The van der Waals surface area contributed by atoms with E-state index in [1.165, 1.54) is 23.1 Å². The van der Waals surface area contributed by atoms with E-state index in [4.69, 9.17) is 0 Å². The molecule has 1 fully saturated rings. The lowest BCUT2D eigenvalue weighted by Gasteiger charge is -2.30. The standard InChI is InChI=1S/C21H24FN3O2/c22-19-8-4-7-18(15-19)21(27)25(12-9-17-5-2-1-3-6-17)16-20(26)24-13-10-23-11-14-24/h1-8,15,23H,9-14,16H2. The summed E-state index contributed by atoms with van der Waals surface area (Å²) in [6.45, 7) is 3.19. The summed E-state index contributed by atoms with van der Waals surface area (Å²) in [6, 6.07) is 15.4. The molecule has 1 saturated heterocycles. The fourth-order valence-electron chi connectivity index (χ4n) is 3.14. The summed E-state index contributed by atoms with van der Waals surface area (Å²) < 4.78 is 13.5. The Balaban J connectivity index is 1.72. The zero-order valence-corrected chi connectivity index (χ0v) is 15.2. The Hall–Kier alpha value is -2.73. The maximum absolute atomic E-state index is 13.5. The average Bonchev–Trinajstić information content (AvgIpc) is 2.72. The van der Waals surface area contributed by atoms with Crippen LogP contribution in [0, 0.1) is 5.82 Å². The van der Waals surface area contributed by atoms with Gasteiger partial charge in [0.25, 0.3) is 5.91 Å².